The molecule has 0 aromatic carbocycles. The number of hydrogen-bond donors (Lipinski definition) is 1. The molecule has 7 nitrogen and oxygen atoms in total. The Hall–Kier alpha value is -0.870. The van der Waals surface area contributed by atoms with Crippen molar-refractivity contribution < 1.29 is 22.7 Å². The number of amides is 1. The number of nitrogens with zero attached hydrogens (tertiary/aromatic N) is 1. The fraction of sp³-hybridized carbons (Fsp3) is 0.737. The molecule has 3 aliphatic rings. The summed E-state index contributed by atoms with van der Waals surface area (Å²) in [7, 11) is -3.66. The SMILES string of the molecule is O=C(OCC12CCCCC(CC1)C2NS(=O)(=O)c1ccc(Cl)s1)N1CCOCC1. The van der Waals surface area contributed by atoms with Crippen LogP contribution in [-0.2, 0) is 19.5 Å². The quantitative estimate of drug-likeness (QED) is 0.724. The summed E-state index contributed by atoms with van der Waals surface area (Å²) in [5.74, 6) is 0.268. The minimum atomic E-state index is -3.66. The van der Waals surface area contributed by atoms with Crippen molar-refractivity contribution in [3.63, 3.8) is 0 Å². The number of morpholine rings is 1. The third kappa shape index (κ3) is 4.58. The van der Waals surface area contributed by atoms with Gasteiger partial charge in [-0.3, -0.25) is 0 Å². The second-order valence-electron chi connectivity index (χ2n) is 8.22. The van der Waals surface area contributed by atoms with Gasteiger partial charge in [0.25, 0.3) is 0 Å². The molecule has 1 aromatic rings. The first kappa shape index (κ1) is 21.4. The van der Waals surface area contributed by atoms with Crippen LogP contribution in [0.2, 0.25) is 4.34 Å². The lowest BCUT2D eigenvalue weighted by molar-refractivity contribution is 0.00714. The van der Waals surface area contributed by atoms with Crippen LogP contribution in [-0.4, -0.2) is 58.4 Å². The van der Waals surface area contributed by atoms with Gasteiger partial charge in [-0.15, -0.1) is 11.3 Å². The molecule has 29 heavy (non-hydrogen) atoms. The Morgan fingerprint density at radius 3 is 2.79 bits per heavy atom. The third-order valence-electron chi connectivity index (χ3n) is 6.49. The van der Waals surface area contributed by atoms with Crippen molar-refractivity contribution in [2.45, 2.75) is 48.8 Å². The first-order chi connectivity index (χ1) is 13.9. The van der Waals surface area contributed by atoms with Crippen LogP contribution in [0.4, 0.5) is 4.79 Å². The smallest absolute Gasteiger partial charge is 0.409 e. The molecule has 10 heteroatoms. The average Bonchev–Trinajstić information content (AvgIpc) is 3.23. The summed E-state index contributed by atoms with van der Waals surface area (Å²) in [6.07, 6.45) is 5.44. The Morgan fingerprint density at radius 2 is 2.07 bits per heavy atom. The van der Waals surface area contributed by atoms with Crippen LogP contribution in [0, 0.1) is 11.3 Å². The summed E-state index contributed by atoms with van der Waals surface area (Å²) in [4.78, 5) is 14.2. The Morgan fingerprint density at radius 1 is 1.28 bits per heavy atom. The summed E-state index contributed by atoms with van der Waals surface area (Å²) in [5.41, 5.74) is -0.350. The van der Waals surface area contributed by atoms with Gasteiger partial charge in [-0.1, -0.05) is 24.4 Å². The molecule has 2 bridgehead atoms. The van der Waals surface area contributed by atoms with Gasteiger partial charge >= 0.3 is 6.09 Å². The predicted octanol–water partition coefficient (Wildman–Crippen LogP) is 3.49. The van der Waals surface area contributed by atoms with E-state index in [0.717, 1.165) is 49.9 Å². The van der Waals surface area contributed by atoms with Crippen molar-refractivity contribution >= 4 is 39.1 Å². The van der Waals surface area contributed by atoms with Crippen LogP contribution in [0.5, 0.6) is 0 Å². The molecule has 1 saturated heterocycles. The maximum absolute atomic E-state index is 13.0. The molecule has 3 fully saturated rings. The molecule has 162 valence electrons. The van der Waals surface area contributed by atoms with E-state index >= 15 is 0 Å². The molecule has 4 rings (SSSR count). The molecular formula is C19H27ClN2O5S2. The summed E-state index contributed by atoms with van der Waals surface area (Å²) in [6.45, 7) is 2.35. The maximum Gasteiger partial charge on any atom is 0.409 e. The molecule has 2 heterocycles. The number of ether oxygens (including phenoxy) is 2. The standard InChI is InChI=1S/C19H27ClN2O5S2/c20-15-4-5-16(28-15)29(24,25)21-17-14-3-1-2-7-19(17,8-6-14)13-27-18(23)22-9-11-26-12-10-22/h4-5,14,17,21H,1-3,6-13H2. The summed E-state index contributed by atoms with van der Waals surface area (Å²) in [5, 5.41) is 0. The lowest BCUT2D eigenvalue weighted by Gasteiger charge is -2.36. The van der Waals surface area contributed by atoms with Gasteiger partial charge in [0.05, 0.1) is 17.6 Å². The number of nitrogens with one attached hydrogen (secondary N) is 1. The molecule has 2 aliphatic carbocycles. The zero-order valence-corrected chi connectivity index (χ0v) is 18.7. The van der Waals surface area contributed by atoms with Crippen LogP contribution >= 0.6 is 22.9 Å². The minimum absolute atomic E-state index is 0.228. The van der Waals surface area contributed by atoms with Crippen LogP contribution in [0.15, 0.2) is 16.3 Å². The van der Waals surface area contributed by atoms with Crippen molar-refractivity contribution in [1.29, 1.82) is 0 Å². The molecule has 3 unspecified atom stereocenters. The molecular weight excluding hydrogens is 436 g/mol. The van der Waals surface area contributed by atoms with Crippen molar-refractivity contribution in [1.82, 2.24) is 9.62 Å². The van der Waals surface area contributed by atoms with E-state index in [2.05, 4.69) is 4.72 Å². The van der Waals surface area contributed by atoms with E-state index in [-0.39, 0.29) is 34.3 Å². The highest BCUT2D eigenvalue weighted by molar-refractivity contribution is 7.91. The molecule has 2 saturated carbocycles. The van der Waals surface area contributed by atoms with Crippen LogP contribution in [0.1, 0.15) is 38.5 Å². The Kier molecular flexibility index (Phi) is 6.41. The number of sulfonamides is 1. The van der Waals surface area contributed by atoms with Gasteiger partial charge < -0.3 is 14.4 Å². The maximum atomic E-state index is 13.0. The number of carbonyl (C=O) groups excluding carboxylic acids is 1. The highest BCUT2D eigenvalue weighted by atomic mass is 35.5. The van der Waals surface area contributed by atoms with Crippen LogP contribution in [0.3, 0.4) is 0 Å². The lowest BCUT2D eigenvalue weighted by Crippen LogP contribution is -2.50. The molecule has 0 spiro atoms. The summed E-state index contributed by atoms with van der Waals surface area (Å²) in [6, 6.07) is 2.91. The van der Waals surface area contributed by atoms with Gasteiger partial charge in [-0.2, -0.15) is 0 Å². The van der Waals surface area contributed by atoms with Gasteiger partial charge in [-0.05, 0) is 43.7 Å². The fourth-order valence-corrected chi connectivity index (χ4v) is 7.84. The third-order valence-corrected chi connectivity index (χ3v) is 9.66. The summed E-state index contributed by atoms with van der Waals surface area (Å²) < 4.78 is 40.6. The average molecular weight is 463 g/mol. The van der Waals surface area contributed by atoms with E-state index in [4.69, 9.17) is 21.1 Å². The van der Waals surface area contributed by atoms with Crippen molar-refractivity contribution in [2.24, 2.45) is 11.3 Å². The van der Waals surface area contributed by atoms with E-state index in [9.17, 15) is 13.2 Å². The zero-order valence-electron chi connectivity index (χ0n) is 16.3. The van der Waals surface area contributed by atoms with E-state index < -0.39 is 10.0 Å². The first-order valence-corrected chi connectivity index (χ1v) is 12.8. The number of fused-ring (bicyclic) bond motifs is 2. The Balaban J connectivity index is 1.50. The van der Waals surface area contributed by atoms with Crippen LogP contribution in [0.25, 0.3) is 0 Å². The summed E-state index contributed by atoms with van der Waals surface area (Å²) >= 11 is 7.00. The second-order valence-corrected chi connectivity index (χ2v) is 11.9. The fourth-order valence-electron chi connectivity index (χ4n) is 4.94. The predicted molar refractivity (Wildman–Crippen MR) is 111 cm³/mol. The van der Waals surface area contributed by atoms with Crippen LogP contribution < -0.4 is 4.72 Å². The monoisotopic (exact) mass is 462 g/mol. The second kappa shape index (κ2) is 8.70. The topological polar surface area (TPSA) is 84.9 Å². The van der Waals surface area contributed by atoms with Gasteiger partial charge in [0.2, 0.25) is 10.0 Å². The molecule has 3 atom stereocenters. The minimum Gasteiger partial charge on any atom is -0.449 e. The van der Waals surface area contributed by atoms with E-state index in [1.165, 1.54) is 0 Å². The number of hydrogen-bond acceptors (Lipinski definition) is 6. The normalized spacial score (nSPS) is 30.2. The Bertz CT molecular complexity index is 839. The molecule has 1 amide bonds. The number of carbonyl (C=O) groups is 1. The molecule has 0 radical (unpaired) electrons. The van der Waals surface area contributed by atoms with E-state index in [1.54, 1.807) is 17.0 Å². The van der Waals surface area contributed by atoms with Gasteiger partial charge in [-0.25, -0.2) is 17.9 Å². The number of rotatable bonds is 5. The highest BCUT2D eigenvalue weighted by Crippen LogP contribution is 2.50. The largest absolute Gasteiger partial charge is 0.449 e. The van der Waals surface area contributed by atoms with Gasteiger partial charge in [0.1, 0.15) is 10.8 Å². The van der Waals surface area contributed by atoms with Crippen molar-refractivity contribution in [3.05, 3.63) is 16.5 Å². The molecule has 1 aromatic heterocycles. The number of thiophene rings is 1. The molecule has 1 N–H and O–H groups in total. The zero-order chi connectivity index (χ0) is 20.5. The number of halogens is 1. The lowest BCUT2D eigenvalue weighted by atomic mass is 9.79. The van der Waals surface area contributed by atoms with E-state index in [0.29, 0.717) is 30.6 Å². The van der Waals surface area contributed by atoms with E-state index in [1.807, 2.05) is 0 Å². The van der Waals surface area contributed by atoms with Gasteiger partial charge in [0, 0.05) is 24.5 Å². The molecule has 1 aliphatic heterocycles. The van der Waals surface area contributed by atoms with Crippen molar-refractivity contribution in [2.75, 3.05) is 32.9 Å². The first-order valence-electron chi connectivity index (χ1n) is 10.2. The van der Waals surface area contributed by atoms with Gasteiger partial charge in [0.15, 0.2) is 0 Å². The van der Waals surface area contributed by atoms with Crippen molar-refractivity contribution in [3.8, 4) is 0 Å². The highest BCUT2D eigenvalue weighted by Gasteiger charge is 2.51. The Labute approximate surface area is 180 Å².